The molecule has 27 heavy (non-hydrogen) atoms. The summed E-state index contributed by atoms with van der Waals surface area (Å²) in [6.07, 6.45) is 0.355. The van der Waals surface area contributed by atoms with Crippen LogP contribution in [0.25, 0.3) is 0 Å². The van der Waals surface area contributed by atoms with Gasteiger partial charge in [0.2, 0.25) is 0 Å². The molecule has 1 saturated heterocycles. The van der Waals surface area contributed by atoms with Gasteiger partial charge in [0.1, 0.15) is 12.1 Å². The van der Waals surface area contributed by atoms with Gasteiger partial charge in [0.25, 0.3) is 0 Å². The van der Waals surface area contributed by atoms with E-state index in [4.69, 9.17) is 0 Å². The highest BCUT2D eigenvalue weighted by Crippen LogP contribution is 2.38. The van der Waals surface area contributed by atoms with Crippen molar-refractivity contribution < 1.29 is 10.4 Å². The maximum Gasteiger partial charge on any atom is 0.121 e. The van der Waals surface area contributed by atoms with Gasteiger partial charge >= 0.3 is 0 Å². The summed E-state index contributed by atoms with van der Waals surface area (Å²) in [5, 5.41) is 13.6. The van der Waals surface area contributed by atoms with E-state index in [9.17, 15) is 5.11 Å². The number of rotatable bonds is 3. The van der Waals surface area contributed by atoms with Gasteiger partial charge < -0.3 is 10.4 Å². The highest BCUT2D eigenvalue weighted by molar-refractivity contribution is 9.10. The fourth-order valence-electron chi connectivity index (χ4n) is 4.16. The van der Waals surface area contributed by atoms with Crippen molar-refractivity contribution in [3.05, 3.63) is 104 Å². The van der Waals surface area contributed by atoms with Crippen molar-refractivity contribution in [2.24, 2.45) is 0 Å². The third-order valence-corrected chi connectivity index (χ3v) is 6.53. The summed E-state index contributed by atoms with van der Waals surface area (Å²) in [4.78, 5) is 0. The number of halogens is 2. The zero-order chi connectivity index (χ0) is 18.8. The molecule has 0 bridgehead atoms. The Labute approximate surface area is 176 Å². The topological polar surface area (TPSA) is 36.8 Å². The molecule has 1 aliphatic rings. The lowest BCUT2D eigenvalue weighted by molar-refractivity contribution is -0.749. The van der Waals surface area contributed by atoms with Gasteiger partial charge in [-0.2, -0.15) is 0 Å². The summed E-state index contributed by atoms with van der Waals surface area (Å²) >= 11 is 7.05. The lowest BCUT2D eigenvalue weighted by Crippen LogP contribution is -2.90. The Morgan fingerprint density at radius 2 is 1.26 bits per heavy atom. The summed E-state index contributed by atoms with van der Waals surface area (Å²) in [6, 6.07) is 27.8. The van der Waals surface area contributed by atoms with Crippen molar-refractivity contribution in [2.75, 3.05) is 0 Å². The second-order valence-electron chi connectivity index (χ2n) is 7.17. The van der Waals surface area contributed by atoms with E-state index in [-0.39, 0.29) is 24.1 Å². The number of quaternary nitrogens is 1. The molecule has 138 valence electrons. The molecule has 2 nitrogen and oxygen atoms in total. The number of nitrogens with two attached hydrogens (primary N) is 1. The fraction of sp³-hybridized carbons (Fsp3) is 0.217. The maximum absolute atomic E-state index is 11.2. The Kier molecular flexibility index (Phi) is 5.79. The predicted molar refractivity (Wildman–Crippen MR) is 115 cm³/mol. The molecule has 1 heterocycles. The van der Waals surface area contributed by atoms with Crippen LogP contribution in [0.1, 0.15) is 41.1 Å². The van der Waals surface area contributed by atoms with Gasteiger partial charge in [0.15, 0.2) is 0 Å². The second-order valence-corrected chi connectivity index (χ2v) is 9.00. The van der Waals surface area contributed by atoms with E-state index in [1.54, 1.807) is 0 Å². The molecule has 0 unspecified atom stereocenters. The molecule has 4 heteroatoms. The molecule has 3 aromatic rings. The van der Waals surface area contributed by atoms with Gasteiger partial charge in [0, 0.05) is 26.5 Å². The van der Waals surface area contributed by atoms with Crippen LogP contribution in [0.5, 0.6) is 0 Å². The minimum absolute atomic E-state index is 0.0686. The second kappa shape index (κ2) is 8.27. The summed E-state index contributed by atoms with van der Waals surface area (Å²) in [7, 11) is 0. The number of piperidine rings is 1. The molecule has 1 fully saturated rings. The Bertz CT molecular complexity index is 881. The van der Waals surface area contributed by atoms with Crippen LogP contribution in [0.3, 0.4) is 0 Å². The minimum atomic E-state index is -0.389. The fourth-order valence-corrected chi connectivity index (χ4v) is 4.69. The molecule has 0 aromatic heterocycles. The Morgan fingerprint density at radius 3 is 1.85 bits per heavy atom. The van der Waals surface area contributed by atoms with Crippen LogP contribution in [-0.2, 0) is 0 Å². The highest BCUT2D eigenvalue weighted by Gasteiger charge is 2.42. The zero-order valence-electron chi connectivity index (χ0n) is 14.8. The predicted octanol–water partition coefficient (Wildman–Crippen LogP) is 5.11. The number of hydrogen-bond acceptors (Lipinski definition) is 1. The molecule has 3 aromatic carbocycles. The van der Waals surface area contributed by atoms with Crippen molar-refractivity contribution in [1.82, 2.24) is 0 Å². The van der Waals surface area contributed by atoms with E-state index < -0.39 is 0 Å². The van der Waals surface area contributed by atoms with Crippen LogP contribution < -0.4 is 5.32 Å². The average Bonchev–Trinajstić information content (AvgIpc) is 2.69. The van der Waals surface area contributed by atoms with Crippen LogP contribution in [0, 0.1) is 0 Å². The molecular formula is C23H22Br2NO+. The number of aliphatic hydroxyl groups is 1. The molecule has 4 rings (SSSR count). The largest absolute Gasteiger partial charge is 0.392 e. The van der Waals surface area contributed by atoms with Crippen LogP contribution in [0.15, 0.2) is 87.8 Å². The van der Waals surface area contributed by atoms with E-state index >= 15 is 0 Å². The first-order valence-electron chi connectivity index (χ1n) is 9.21. The maximum atomic E-state index is 11.2. The molecule has 0 saturated carbocycles. The summed E-state index contributed by atoms with van der Waals surface area (Å²) in [5.41, 5.74) is 3.70. The lowest BCUT2D eigenvalue weighted by atomic mass is 9.76. The van der Waals surface area contributed by atoms with E-state index in [0.29, 0.717) is 0 Å². The highest BCUT2D eigenvalue weighted by atomic mass is 79.9. The number of hydrogen-bond donors (Lipinski definition) is 2. The van der Waals surface area contributed by atoms with Gasteiger partial charge in [0.05, 0.1) is 12.0 Å². The van der Waals surface area contributed by atoms with Gasteiger partial charge in [-0.15, -0.1) is 0 Å². The molecule has 3 N–H and O–H groups in total. The van der Waals surface area contributed by atoms with Crippen LogP contribution in [0.2, 0.25) is 0 Å². The summed E-state index contributed by atoms with van der Waals surface area (Å²) in [6.45, 7) is 0. The van der Waals surface area contributed by atoms with Crippen molar-refractivity contribution >= 4 is 31.9 Å². The van der Waals surface area contributed by atoms with Crippen LogP contribution >= 0.6 is 31.9 Å². The van der Waals surface area contributed by atoms with E-state index in [2.05, 4.69) is 110 Å². The van der Waals surface area contributed by atoms with Crippen LogP contribution in [-0.4, -0.2) is 11.2 Å². The number of aliphatic hydroxyl groups excluding tert-OH is 1. The summed E-state index contributed by atoms with van der Waals surface area (Å²) < 4.78 is 2.15. The van der Waals surface area contributed by atoms with E-state index in [1.165, 1.54) is 16.7 Å². The molecule has 0 spiro atoms. The molecule has 0 amide bonds. The monoisotopic (exact) mass is 486 g/mol. The van der Waals surface area contributed by atoms with E-state index in [1.807, 2.05) is 6.07 Å². The van der Waals surface area contributed by atoms with Crippen molar-refractivity contribution in [3.8, 4) is 0 Å². The van der Waals surface area contributed by atoms with Gasteiger partial charge in [-0.1, -0.05) is 86.5 Å². The third kappa shape index (κ3) is 4.19. The third-order valence-electron chi connectivity index (χ3n) is 5.47. The molecule has 4 atom stereocenters. The number of benzene rings is 3. The minimum Gasteiger partial charge on any atom is -0.392 e. The van der Waals surface area contributed by atoms with Crippen molar-refractivity contribution in [3.63, 3.8) is 0 Å². The Balaban J connectivity index is 1.71. The first kappa shape index (κ1) is 18.9. The van der Waals surface area contributed by atoms with Gasteiger partial charge in [-0.3, -0.25) is 0 Å². The van der Waals surface area contributed by atoms with Crippen molar-refractivity contribution in [1.29, 1.82) is 0 Å². The first-order chi connectivity index (χ1) is 13.1. The normalized spacial score (nSPS) is 25.3. The van der Waals surface area contributed by atoms with Crippen LogP contribution in [0.4, 0.5) is 0 Å². The zero-order valence-corrected chi connectivity index (χ0v) is 18.0. The average molecular weight is 488 g/mol. The molecule has 1 aliphatic heterocycles. The smallest absolute Gasteiger partial charge is 0.121 e. The van der Waals surface area contributed by atoms with Gasteiger partial charge in [-0.05, 0) is 29.8 Å². The summed E-state index contributed by atoms with van der Waals surface area (Å²) in [5.74, 6) is 0.0686. The molecular weight excluding hydrogens is 466 g/mol. The van der Waals surface area contributed by atoms with Crippen molar-refractivity contribution in [2.45, 2.75) is 30.5 Å². The molecule has 0 radical (unpaired) electrons. The quantitative estimate of drug-likeness (QED) is 0.529. The first-order valence-corrected chi connectivity index (χ1v) is 10.8. The SMILES string of the molecule is O[C@H]1C[C@H](c2ccc(Br)cc2)[NH2+][C@H](c2ccc(Br)cc2)[C@H]1c1ccccc1. The molecule has 0 aliphatic carbocycles. The van der Waals surface area contributed by atoms with E-state index in [0.717, 1.165) is 15.4 Å². The van der Waals surface area contributed by atoms with Gasteiger partial charge in [-0.25, -0.2) is 0 Å². The Morgan fingerprint density at radius 1 is 0.704 bits per heavy atom. The lowest BCUT2D eigenvalue weighted by Gasteiger charge is -2.38. The standard InChI is InChI=1S/C23H21Br2NO/c24-18-10-6-15(7-11-18)20-14-21(27)22(16-4-2-1-3-5-16)23(26-20)17-8-12-19(25)13-9-17/h1-13,20-23,26-27H,14H2/p+1/t20-,21+,22+,23-/m1/s1. The Hall–Kier alpha value is -1.46.